The molecule has 0 heterocycles. The normalized spacial score (nSPS) is 12.0. The fourth-order valence-electron chi connectivity index (χ4n) is 1.12. The second-order valence-electron chi connectivity index (χ2n) is 3.26. The maximum absolute atomic E-state index is 11.7. The average Bonchev–Trinajstić information content (AvgIpc) is 2.28. The smallest absolute Gasteiger partial charge is 0.210 e. The summed E-state index contributed by atoms with van der Waals surface area (Å²) in [6, 6.07) is 4.57. The highest BCUT2D eigenvalue weighted by Gasteiger charge is 2.15. The van der Waals surface area contributed by atoms with Gasteiger partial charge in [0.15, 0.2) is 0 Å². The molecule has 0 aliphatic heterocycles. The third kappa shape index (κ3) is 3.99. The van der Waals surface area contributed by atoms with Crippen LogP contribution in [-0.2, 0) is 19.1 Å². The Kier molecular flexibility index (Phi) is 4.76. The van der Waals surface area contributed by atoms with Gasteiger partial charge in [0, 0.05) is 23.6 Å². The van der Waals surface area contributed by atoms with Gasteiger partial charge in [-0.2, -0.15) is 0 Å². The lowest BCUT2D eigenvalue weighted by atomic mass is 10.4. The molecule has 1 aromatic carbocycles. The van der Waals surface area contributed by atoms with E-state index in [0.29, 0.717) is 0 Å². The molecule has 98 valence electrons. The third-order valence-electron chi connectivity index (χ3n) is 1.98. The Morgan fingerprint density at radius 2 is 1.61 bits per heavy atom. The monoisotopic (exact) mass is 307 g/mol. The molecule has 1 N–H and O–H groups in total. The summed E-state index contributed by atoms with van der Waals surface area (Å²) in [5, 5.41) is 0. The number of benzene rings is 1. The summed E-state index contributed by atoms with van der Waals surface area (Å²) in [6.45, 7) is 0.119. The van der Waals surface area contributed by atoms with Crippen molar-refractivity contribution in [1.82, 2.24) is 4.72 Å². The lowest BCUT2D eigenvalue weighted by molar-refractivity contribution is 0.582. The highest BCUT2D eigenvalue weighted by molar-refractivity contribution is 8.13. The van der Waals surface area contributed by atoms with Gasteiger partial charge >= 0.3 is 0 Å². The molecule has 0 saturated carbocycles. The van der Waals surface area contributed by atoms with Gasteiger partial charge in [-0.3, -0.25) is 0 Å². The Morgan fingerprint density at radius 3 is 2.06 bits per heavy atom. The summed E-state index contributed by atoms with van der Waals surface area (Å²) in [6.07, 6.45) is 5.27. The number of hydrogen-bond acceptors (Lipinski definition) is 4. The molecule has 18 heavy (non-hydrogen) atoms. The van der Waals surface area contributed by atoms with E-state index in [4.69, 9.17) is 17.1 Å². The minimum Gasteiger partial charge on any atom is -0.210 e. The molecule has 0 atom stereocenters. The molecular formula is C10H10ClNO4S2. The van der Waals surface area contributed by atoms with Crippen molar-refractivity contribution in [3.05, 3.63) is 24.3 Å². The first-order valence-corrected chi connectivity index (χ1v) is 8.54. The van der Waals surface area contributed by atoms with E-state index in [9.17, 15) is 16.8 Å². The van der Waals surface area contributed by atoms with Crippen LogP contribution in [0.15, 0.2) is 34.1 Å². The number of hydrogen-bond donors (Lipinski definition) is 1. The van der Waals surface area contributed by atoms with Crippen LogP contribution >= 0.6 is 10.7 Å². The molecular weight excluding hydrogens is 298 g/mol. The number of nitrogens with one attached hydrogen (secondary N) is 1. The van der Waals surface area contributed by atoms with E-state index in [1.54, 1.807) is 0 Å². The van der Waals surface area contributed by atoms with Crippen LogP contribution in [0.2, 0.25) is 0 Å². The van der Waals surface area contributed by atoms with Crippen LogP contribution in [0.4, 0.5) is 0 Å². The molecule has 8 heteroatoms. The summed E-state index contributed by atoms with van der Waals surface area (Å²) in [4.78, 5) is -0.213. The van der Waals surface area contributed by atoms with Gasteiger partial charge in [0.1, 0.15) is 0 Å². The summed E-state index contributed by atoms with van der Waals surface area (Å²) >= 11 is 0. The van der Waals surface area contributed by atoms with Crippen LogP contribution in [0.1, 0.15) is 6.42 Å². The summed E-state index contributed by atoms with van der Waals surface area (Å²) in [5.41, 5.74) is 0. The number of sulfonamides is 1. The van der Waals surface area contributed by atoms with Gasteiger partial charge in [-0.15, -0.1) is 12.3 Å². The number of terminal acetylenes is 1. The maximum Gasteiger partial charge on any atom is 0.261 e. The second-order valence-corrected chi connectivity index (χ2v) is 7.59. The van der Waals surface area contributed by atoms with E-state index in [2.05, 4.69) is 10.6 Å². The van der Waals surface area contributed by atoms with Crippen LogP contribution in [0.5, 0.6) is 0 Å². The molecule has 0 bridgehead atoms. The Hall–Kier alpha value is -1.07. The van der Waals surface area contributed by atoms with Crippen molar-refractivity contribution in [3.63, 3.8) is 0 Å². The maximum atomic E-state index is 11.7. The van der Waals surface area contributed by atoms with Crippen LogP contribution in [0.25, 0.3) is 0 Å². The largest absolute Gasteiger partial charge is 0.261 e. The topological polar surface area (TPSA) is 80.3 Å². The van der Waals surface area contributed by atoms with E-state index in [0.717, 1.165) is 24.3 Å². The van der Waals surface area contributed by atoms with E-state index in [-0.39, 0.29) is 22.8 Å². The van der Waals surface area contributed by atoms with E-state index in [1.807, 2.05) is 0 Å². The SMILES string of the molecule is C#CCCNS(=O)(=O)c1ccc(S(=O)(=O)Cl)cc1. The van der Waals surface area contributed by atoms with Crippen molar-refractivity contribution in [2.45, 2.75) is 16.2 Å². The predicted molar refractivity (Wildman–Crippen MR) is 68.1 cm³/mol. The van der Waals surface area contributed by atoms with Crippen LogP contribution in [0, 0.1) is 12.3 Å². The van der Waals surface area contributed by atoms with Gasteiger partial charge in [-0.1, -0.05) is 0 Å². The molecule has 0 unspecified atom stereocenters. The highest BCUT2D eigenvalue weighted by atomic mass is 35.7. The summed E-state index contributed by atoms with van der Waals surface area (Å²) in [7, 11) is -2.42. The Bertz CT molecular complexity index is 657. The minimum absolute atomic E-state index is 0.0522. The Labute approximate surface area is 111 Å². The van der Waals surface area contributed by atoms with E-state index < -0.39 is 19.1 Å². The molecule has 0 aliphatic rings. The molecule has 0 spiro atoms. The fourth-order valence-corrected chi connectivity index (χ4v) is 2.92. The van der Waals surface area contributed by atoms with Crippen LogP contribution < -0.4 is 4.72 Å². The molecule has 1 rings (SSSR count). The van der Waals surface area contributed by atoms with Gasteiger partial charge in [0.25, 0.3) is 9.05 Å². The zero-order valence-electron chi connectivity index (χ0n) is 9.13. The average molecular weight is 308 g/mol. The fraction of sp³-hybridized carbons (Fsp3) is 0.200. The van der Waals surface area contributed by atoms with Gasteiger partial charge in [-0.05, 0) is 24.3 Å². The third-order valence-corrected chi connectivity index (χ3v) is 4.82. The van der Waals surface area contributed by atoms with Gasteiger partial charge in [0.2, 0.25) is 10.0 Å². The van der Waals surface area contributed by atoms with Crippen LogP contribution in [0.3, 0.4) is 0 Å². The molecule has 0 fully saturated rings. The number of rotatable bonds is 5. The first-order chi connectivity index (χ1) is 8.27. The molecule has 0 radical (unpaired) electrons. The summed E-state index contributed by atoms with van der Waals surface area (Å²) in [5.74, 6) is 2.30. The Balaban J connectivity index is 2.96. The van der Waals surface area contributed by atoms with Gasteiger partial charge in [0.05, 0.1) is 9.79 Å². The van der Waals surface area contributed by atoms with Gasteiger partial charge in [-0.25, -0.2) is 21.6 Å². The summed E-state index contributed by atoms with van der Waals surface area (Å²) < 4.78 is 47.7. The van der Waals surface area contributed by atoms with Crippen molar-refractivity contribution in [2.24, 2.45) is 0 Å². The standard InChI is InChI=1S/C10H10ClNO4S2/c1-2-3-8-12-18(15,16)10-6-4-9(5-7-10)17(11,13)14/h1,4-7,12H,3,8H2. The lowest BCUT2D eigenvalue weighted by Crippen LogP contribution is -2.24. The van der Waals surface area contributed by atoms with Crippen LogP contribution in [-0.4, -0.2) is 23.4 Å². The quantitative estimate of drug-likeness (QED) is 0.498. The van der Waals surface area contributed by atoms with Crippen molar-refractivity contribution >= 4 is 29.8 Å². The zero-order chi connectivity index (χ0) is 13.8. The van der Waals surface area contributed by atoms with Crippen molar-refractivity contribution in [1.29, 1.82) is 0 Å². The Morgan fingerprint density at radius 1 is 1.11 bits per heavy atom. The van der Waals surface area contributed by atoms with Gasteiger partial charge < -0.3 is 0 Å². The van der Waals surface area contributed by atoms with Crippen molar-refractivity contribution in [3.8, 4) is 12.3 Å². The highest BCUT2D eigenvalue weighted by Crippen LogP contribution is 2.17. The molecule has 0 amide bonds. The number of halogens is 1. The molecule has 1 aromatic rings. The minimum atomic E-state index is -3.86. The van der Waals surface area contributed by atoms with Crippen molar-refractivity contribution in [2.75, 3.05) is 6.54 Å². The molecule has 5 nitrogen and oxygen atoms in total. The first-order valence-electron chi connectivity index (χ1n) is 4.75. The van der Waals surface area contributed by atoms with E-state index in [1.165, 1.54) is 0 Å². The van der Waals surface area contributed by atoms with E-state index >= 15 is 0 Å². The molecule has 0 saturated heterocycles. The molecule has 0 aliphatic carbocycles. The second kappa shape index (κ2) is 5.71. The zero-order valence-corrected chi connectivity index (χ0v) is 11.5. The first kappa shape index (κ1) is 15.0. The molecule has 0 aromatic heterocycles. The lowest BCUT2D eigenvalue weighted by Gasteiger charge is -2.05. The predicted octanol–water partition coefficient (Wildman–Crippen LogP) is 0.916. The van der Waals surface area contributed by atoms with Crippen molar-refractivity contribution < 1.29 is 16.8 Å².